The van der Waals surface area contributed by atoms with Crippen LogP contribution in [-0.2, 0) is 4.79 Å². The van der Waals surface area contributed by atoms with Crippen LogP contribution in [0.2, 0.25) is 5.02 Å². The fraction of sp³-hybridized carbons (Fsp3) is 0.412. The highest BCUT2D eigenvalue weighted by molar-refractivity contribution is 6.35. The highest BCUT2D eigenvalue weighted by Gasteiger charge is 2.29. The molecule has 1 aromatic heterocycles. The lowest BCUT2D eigenvalue weighted by Gasteiger charge is -2.30. The van der Waals surface area contributed by atoms with Crippen molar-refractivity contribution in [3.8, 4) is 0 Å². The molecule has 23 heavy (non-hydrogen) atoms. The topological polar surface area (TPSA) is 76.5 Å². The van der Waals surface area contributed by atoms with Crippen molar-refractivity contribution in [1.82, 2.24) is 4.90 Å². The lowest BCUT2D eigenvalue weighted by Crippen LogP contribution is -2.41. The monoisotopic (exact) mass is 334 g/mol. The molecule has 2 heterocycles. The number of benzene rings is 1. The summed E-state index contributed by atoms with van der Waals surface area (Å²) >= 11 is 6.22. The largest absolute Gasteiger partial charge is 0.449 e. The fourth-order valence-electron chi connectivity index (χ4n) is 3.13. The van der Waals surface area contributed by atoms with Crippen LogP contribution >= 0.6 is 11.6 Å². The van der Waals surface area contributed by atoms with Gasteiger partial charge in [0.05, 0.1) is 5.02 Å². The number of primary amides is 1. The predicted octanol–water partition coefficient (Wildman–Crippen LogP) is 3.04. The predicted molar refractivity (Wildman–Crippen MR) is 88.5 cm³/mol. The standard InChI is InChI=1S/C17H19ClN2O3/c1-9-7-12-10(2)14(23-15(12)13(18)8-9)17(22)20-5-3-11(4-6-20)16(19)21/h7-8,11H,3-6H2,1-2H3,(H2,19,21). The fourth-order valence-corrected chi connectivity index (χ4v) is 3.44. The molecule has 0 radical (unpaired) electrons. The third-order valence-corrected chi connectivity index (χ3v) is 4.80. The minimum absolute atomic E-state index is 0.145. The van der Waals surface area contributed by atoms with Gasteiger partial charge in [-0.25, -0.2) is 0 Å². The molecular formula is C17H19ClN2O3. The van der Waals surface area contributed by atoms with Crippen LogP contribution in [0.1, 0.15) is 34.5 Å². The number of hydrogen-bond donors (Lipinski definition) is 1. The highest BCUT2D eigenvalue weighted by Crippen LogP contribution is 2.33. The van der Waals surface area contributed by atoms with Crippen LogP contribution in [-0.4, -0.2) is 29.8 Å². The number of fused-ring (bicyclic) bond motifs is 1. The minimum atomic E-state index is -0.292. The first-order valence-electron chi connectivity index (χ1n) is 7.66. The lowest BCUT2D eigenvalue weighted by molar-refractivity contribution is -0.123. The number of carbonyl (C=O) groups is 2. The van der Waals surface area contributed by atoms with E-state index >= 15 is 0 Å². The van der Waals surface area contributed by atoms with Crippen LogP contribution in [0.4, 0.5) is 0 Å². The number of aryl methyl sites for hydroxylation is 2. The van der Waals surface area contributed by atoms with E-state index in [1.54, 1.807) is 4.90 Å². The average Bonchev–Trinajstić information content (AvgIpc) is 2.84. The molecule has 1 aliphatic rings. The number of halogens is 1. The zero-order valence-corrected chi connectivity index (χ0v) is 13.9. The van der Waals surface area contributed by atoms with E-state index in [9.17, 15) is 9.59 Å². The Kier molecular flexibility index (Phi) is 4.06. The quantitative estimate of drug-likeness (QED) is 0.917. The summed E-state index contributed by atoms with van der Waals surface area (Å²) in [6.45, 7) is 4.84. The van der Waals surface area contributed by atoms with Crippen molar-refractivity contribution in [3.05, 3.63) is 34.0 Å². The number of nitrogens with two attached hydrogens (primary N) is 1. The smallest absolute Gasteiger partial charge is 0.289 e. The van der Waals surface area contributed by atoms with E-state index in [4.69, 9.17) is 21.8 Å². The molecule has 122 valence electrons. The average molecular weight is 335 g/mol. The molecule has 0 spiro atoms. The highest BCUT2D eigenvalue weighted by atomic mass is 35.5. The van der Waals surface area contributed by atoms with Gasteiger partial charge in [0.2, 0.25) is 5.91 Å². The van der Waals surface area contributed by atoms with Crippen LogP contribution in [0.15, 0.2) is 16.5 Å². The van der Waals surface area contributed by atoms with Gasteiger partial charge >= 0.3 is 0 Å². The maximum absolute atomic E-state index is 12.7. The van der Waals surface area contributed by atoms with E-state index in [0.717, 1.165) is 16.5 Å². The van der Waals surface area contributed by atoms with Crippen molar-refractivity contribution in [3.63, 3.8) is 0 Å². The Morgan fingerprint density at radius 1 is 1.26 bits per heavy atom. The third kappa shape index (κ3) is 2.81. The van der Waals surface area contributed by atoms with Gasteiger partial charge in [0.15, 0.2) is 11.3 Å². The molecular weight excluding hydrogens is 316 g/mol. The molecule has 1 fully saturated rings. The van der Waals surface area contributed by atoms with Gasteiger partial charge in [0.25, 0.3) is 5.91 Å². The van der Waals surface area contributed by atoms with Gasteiger partial charge in [-0.1, -0.05) is 11.6 Å². The van der Waals surface area contributed by atoms with Gasteiger partial charge in [0.1, 0.15) is 0 Å². The maximum Gasteiger partial charge on any atom is 0.289 e. The first kappa shape index (κ1) is 15.9. The number of carbonyl (C=O) groups excluding carboxylic acids is 2. The number of amides is 2. The molecule has 1 saturated heterocycles. The summed E-state index contributed by atoms with van der Waals surface area (Å²) < 4.78 is 5.76. The Hall–Kier alpha value is -2.01. The van der Waals surface area contributed by atoms with Crippen LogP contribution < -0.4 is 5.73 Å². The summed E-state index contributed by atoms with van der Waals surface area (Å²) in [5, 5.41) is 1.37. The molecule has 1 aromatic carbocycles. The zero-order chi connectivity index (χ0) is 16.7. The first-order chi connectivity index (χ1) is 10.9. The Morgan fingerprint density at radius 2 is 1.91 bits per heavy atom. The van der Waals surface area contributed by atoms with E-state index < -0.39 is 0 Å². The summed E-state index contributed by atoms with van der Waals surface area (Å²) in [6, 6.07) is 3.79. The van der Waals surface area contributed by atoms with Crippen molar-refractivity contribution < 1.29 is 14.0 Å². The van der Waals surface area contributed by atoms with Crippen molar-refractivity contribution >= 4 is 34.4 Å². The van der Waals surface area contributed by atoms with Gasteiger partial charge in [-0.3, -0.25) is 9.59 Å². The van der Waals surface area contributed by atoms with Crippen molar-refractivity contribution in [2.24, 2.45) is 11.7 Å². The van der Waals surface area contributed by atoms with Gasteiger partial charge in [-0.15, -0.1) is 0 Å². The molecule has 0 aliphatic carbocycles. The molecule has 3 rings (SSSR count). The van der Waals surface area contributed by atoms with Crippen LogP contribution in [0.5, 0.6) is 0 Å². The van der Waals surface area contributed by atoms with E-state index in [2.05, 4.69) is 0 Å². The molecule has 2 N–H and O–H groups in total. The summed E-state index contributed by atoms with van der Waals surface area (Å²) in [5.41, 5.74) is 7.70. The molecule has 0 bridgehead atoms. The number of piperidine rings is 1. The SMILES string of the molecule is Cc1cc(Cl)c2oc(C(=O)N3CCC(C(N)=O)CC3)c(C)c2c1. The summed E-state index contributed by atoms with van der Waals surface area (Å²) in [6.07, 6.45) is 1.19. The number of nitrogens with zero attached hydrogens (tertiary/aromatic N) is 1. The zero-order valence-electron chi connectivity index (χ0n) is 13.2. The maximum atomic E-state index is 12.7. The van der Waals surface area contributed by atoms with Crippen LogP contribution in [0.25, 0.3) is 11.0 Å². The summed E-state index contributed by atoms with van der Waals surface area (Å²) in [4.78, 5) is 25.7. The van der Waals surface area contributed by atoms with E-state index in [1.165, 1.54) is 0 Å². The lowest BCUT2D eigenvalue weighted by atomic mass is 9.96. The van der Waals surface area contributed by atoms with E-state index in [0.29, 0.717) is 42.3 Å². The minimum Gasteiger partial charge on any atom is -0.449 e. The van der Waals surface area contributed by atoms with Crippen molar-refractivity contribution in [2.75, 3.05) is 13.1 Å². The summed E-state index contributed by atoms with van der Waals surface area (Å²) in [7, 11) is 0. The first-order valence-corrected chi connectivity index (χ1v) is 8.04. The Balaban J connectivity index is 1.89. The Morgan fingerprint density at radius 3 is 2.52 bits per heavy atom. The van der Waals surface area contributed by atoms with Crippen LogP contribution in [0.3, 0.4) is 0 Å². The molecule has 0 atom stereocenters. The molecule has 2 aromatic rings. The normalized spacial score (nSPS) is 16.0. The summed E-state index contributed by atoms with van der Waals surface area (Å²) in [5.74, 6) is -0.271. The number of furan rings is 1. The molecule has 1 aliphatic heterocycles. The number of likely N-dealkylation sites (tertiary alicyclic amines) is 1. The molecule has 6 heteroatoms. The second-order valence-corrected chi connectivity index (χ2v) is 6.56. The molecule has 0 unspecified atom stereocenters. The number of hydrogen-bond acceptors (Lipinski definition) is 3. The molecule has 5 nitrogen and oxygen atoms in total. The van der Waals surface area contributed by atoms with E-state index in [-0.39, 0.29) is 17.7 Å². The third-order valence-electron chi connectivity index (χ3n) is 4.52. The second kappa shape index (κ2) is 5.89. The Labute approximate surface area is 139 Å². The second-order valence-electron chi connectivity index (χ2n) is 6.15. The van der Waals surface area contributed by atoms with Gasteiger partial charge in [-0.2, -0.15) is 0 Å². The van der Waals surface area contributed by atoms with Crippen molar-refractivity contribution in [1.29, 1.82) is 0 Å². The number of rotatable bonds is 2. The van der Waals surface area contributed by atoms with Gasteiger partial charge in [0, 0.05) is 30.0 Å². The van der Waals surface area contributed by atoms with E-state index in [1.807, 2.05) is 26.0 Å². The van der Waals surface area contributed by atoms with Gasteiger partial charge in [-0.05, 0) is 44.4 Å². The van der Waals surface area contributed by atoms with Crippen LogP contribution in [0, 0.1) is 19.8 Å². The van der Waals surface area contributed by atoms with Gasteiger partial charge < -0.3 is 15.1 Å². The van der Waals surface area contributed by atoms with Crippen molar-refractivity contribution in [2.45, 2.75) is 26.7 Å². The molecule has 2 amide bonds. The Bertz CT molecular complexity index is 789. The molecule has 0 saturated carbocycles.